The van der Waals surface area contributed by atoms with Gasteiger partial charge in [0.15, 0.2) is 0 Å². The Bertz CT molecular complexity index is 627. The highest BCUT2D eigenvalue weighted by atomic mass is 79.9. The van der Waals surface area contributed by atoms with Crippen LogP contribution in [-0.4, -0.2) is 23.6 Å². The summed E-state index contributed by atoms with van der Waals surface area (Å²) < 4.78 is 6.12. The quantitative estimate of drug-likeness (QED) is 0.787. The average Bonchev–Trinajstić information content (AvgIpc) is 2.39. The highest BCUT2D eigenvalue weighted by Crippen LogP contribution is 2.11. The lowest BCUT2D eigenvalue weighted by Crippen LogP contribution is -2.39. The first-order valence-electron chi connectivity index (χ1n) is 7.20. The van der Waals surface area contributed by atoms with Gasteiger partial charge in [0.2, 0.25) is 5.91 Å². The standard InChI is InChI=1S/C17H21BrN2O3/c1-17(2,3)23-16(22)20-14(9-10-15(19)21)8-7-12-5-4-6-13(18)11-12/h4-6,11,14H,9-10H2,1-3H3,(H2,19,21)(H,20,22)/t14-/m1/s1. The molecule has 0 saturated heterocycles. The van der Waals surface area contributed by atoms with E-state index in [0.717, 1.165) is 10.0 Å². The Morgan fingerprint density at radius 3 is 2.65 bits per heavy atom. The molecule has 1 rings (SSSR count). The summed E-state index contributed by atoms with van der Waals surface area (Å²) in [6.45, 7) is 5.33. The normalized spacial score (nSPS) is 11.8. The Morgan fingerprint density at radius 2 is 2.09 bits per heavy atom. The van der Waals surface area contributed by atoms with Gasteiger partial charge in [0.1, 0.15) is 5.60 Å². The Labute approximate surface area is 145 Å². The topological polar surface area (TPSA) is 81.4 Å². The van der Waals surface area contributed by atoms with Crippen LogP contribution in [0.25, 0.3) is 0 Å². The van der Waals surface area contributed by atoms with Gasteiger partial charge in [0.05, 0.1) is 6.04 Å². The summed E-state index contributed by atoms with van der Waals surface area (Å²) in [7, 11) is 0. The van der Waals surface area contributed by atoms with Crippen LogP contribution in [0.3, 0.4) is 0 Å². The van der Waals surface area contributed by atoms with E-state index in [0.29, 0.717) is 6.42 Å². The van der Waals surface area contributed by atoms with Gasteiger partial charge in [-0.15, -0.1) is 0 Å². The Morgan fingerprint density at radius 1 is 1.39 bits per heavy atom. The first kappa shape index (κ1) is 19.0. The van der Waals surface area contributed by atoms with Crippen LogP contribution < -0.4 is 11.1 Å². The lowest BCUT2D eigenvalue weighted by molar-refractivity contribution is -0.118. The molecule has 5 nitrogen and oxygen atoms in total. The number of primary amides is 1. The maximum absolute atomic E-state index is 11.9. The number of nitrogens with one attached hydrogen (secondary N) is 1. The maximum Gasteiger partial charge on any atom is 0.408 e. The minimum absolute atomic E-state index is 0.133. The molecule has 0 spiro atoms. The number of halogens is 1. The van der Waals surface area contributed by atoms with Crippen molar-refractivity contribution in [2.24, 2.45) is 5.73 Å². The van der Waals surface area contributed by atoms with Gasteiger partial charge in [-0.3, -0.25) is 4.79 Å². The number of hydrogen-bond acceptors (Lipinski definition) is 3. The van der Waals surface area contributed by atoms with Gasteiger partial charge in [-0.25, -0.2) is 4.79 Å². The molecule has 23 heavy (non-hydrogen) atoms. The van der Waals surface area contributed by atoms with Gasteiger partial charge in [0, 0.05) is 16.5 Å². The third-order valence-corrected chi connectivity index (χ3v) is 3.08. The van der Waals surface area contributed by atoms with Crippen molar-refractivity contribution in [2.75, 3.05) is 0 Å². The van der Waals surface area contributed by atoms with E-state index in [1.165, 1.54) is 0 Å². The summed E-state index contributed by atoms with van der Waals surface area (Å²) in [4.78, 5) is 22.8. The molecule has 1 aromatic carbocycles. The fraction of sp³-hybridized carbons (Fsp3) is 0.412. The molecule has 0 aromatic heterocycles. The molecule has 0 radical (unpaired) electrons. The van der Waals surface area contributed by atoms with Crippen LogP contribution in [0.5, 0.6) is 0 Å². The molecular formula is C17H21BrN2O3. The highest BCUT2D eigenvalue weighted by molar-refractivity contribution is 9.10. The molecule has 0 fully saturated rings. The molecule has 1 aromatic rings. The summed E-state index contributed by atoms with van der Waals surface area (Å²) in [6.07, 6.45) is -0.112. The number of ether oxygens (including phenoxy) is 1. The van der Waals surface area contributed by atoms with Crippen LogP contribution >= 0.6 is 15.9 Å². The first-order chi connectivity index (χ1) is 10.7. The number of alkyl carbamates (subject to hydrolysis) is 1. The number of rotatable bonds is 4. The lowest BCUT2D eigenvalue weighted by atomic mass is 10.1. The van der Waals surface area contributed by atoms with Crippen LogP contribution in [0.15, 0.2) is 28.7 Å². The zero-order valence-corrected chi connectivity index (χ0v) is 15.1. The van der Waals surface area contributed by atoms with E-state index in [9.17, 15) is 9.59 Å². The minimum Gasteiger partial charge on any atom is -0.444 e. The molecule has 0 aliphatic rings. The molecule has 0 heterocycles. The molecule has 3 N–H and O–H groups in total. The van der Waals surface area contributed by atoms with Crippen LogP contribution in [0.1, 0.15) is 39.2 Å². The minimum atomic E-state index is -0.601. The van der Waals surface area contributed by atoms with Crippen molar-refractivity contribution in [2.45, 2.75) is 45.3 Å². The Balaban J connectivity index is 2.80. The largest absolute Gasteiger partial charge is 0.444 e. The molecule has 0 unspecified atom stereocenters. The van der Waals surface area contributed by atoms with Gasteiger partial charge in [-0.1, -0.05) is 33.8 Å². The number of amides is 2. The third-order valence-electron chi connectivity index (χ3n) is 2.59. The zero-order chi connectivity index (χ0) is 17.5. The molecule has 1 atom stereocenters. The first-order valence-corrected chi connectivity index (χ1v) is 8.00. The fourth-order valence-electron chi connectivity index (χ4n) is 1.65. The molecule has 0 bridgehead atoms. The number of benzene rings is 1. The second kappa shape index (κ2) is 8.59. The van der Waals surface area contributed by atoms with Crippen LogP contribution in [0.4, 0.5) is 4.79 Å². The van der Waals surface area contributed by atoms with E-state index in [4.69, 9.17) is 10.5 Å². The Hall–Kier alpha value is -2.00. The molecule has 0 aliphatic heterocycles. The van der Waals surface area contributed by atoms with Crippen molar-refractivity contribution in [3.8, 4) is 11.8 Å². The summed E-state index contributed by atoms with van der Waals surface area (Å²) in [5.74, 6) is 5.48. The monoisotopic (exact) mass is 380 g/mol. The number of carbonyl (C=O) groups is 2. The van der Waals surface area contributed by atoms with E-state index in [2.05, 4.69) is 33.1 Å². The smallest absolute Gasteiger partial charge is 0.408 e. The van der Waals surface area contributed by atoms with E-state index >= 15 is 0 Å². The van der Waals surface area contributed by atoms with E-state index in [-0.39, 0.29) is 6.42 Å². The van der Waals surface area contributed by atoms with E-state index in [1.807, 2.05) is 24.3 Å². The highest BCUT2D eigenvalue weighted by Gasteiger charge is 2.18. The summed E-state index contributed by atoms with van der Waals surface area (Å²) in [5.41, 5.74) is 5.36. The second-order valence-electron chi connectivity index (χ2n) is 5.98. The van der Waals surface area contributed by atoms with E-state index in [1.54, 1.807) is 20.8 Å². The van der Waals surface area contributed by atoms with E-state index < -0.39 is 23.6 Å². The predicted molar refractivity (Wildman–Crippen MR) is 92.6 cm³/mol. The van der Waals surface area contributed by atoms with Crippen molar-refractivity contribution in [3.05, 3.63) is 34.3 Å². The molecule has 0 saturated carbocycles. The fourth-order valence-corrected chi connectivity index (χ4v) is 2.05. The predicted octanol–water partition coefficient (Wildman–Crippen LogP) is 2.96. The number of carbonyl (C=O) groups excluding carboxylic acids is 2. The average molecular weight is 381 g/mol. The summed E-state index contributed by atoms with van der Waals surface area (Å²) >= 11 is 3.37. The van der Waals surface area contributed by atoms with Crippen LogP contribution in [0.2, 0.25) is 0 Å². The van der Waals surface area contributed by atoms with Crippen LogP contribution in [0, 0.1) is 11.8 Å². The van der Waals surface area contributed by atoms with Gasteiger partial charge >= 0.3 is 6.09 Å². The molecule has 0 aliphatic carbocycles. The summed E-state index contributed by atoms with van der Waals surface area (Å²) in [6, 6.07) is 6.97. The lowest BCUT2D eigenvalue weighted by Gasteiger charge is -2.21. The van der Waals surface area contributed by atoms with Gasteiger partial charge in [-0.2, -0.15) is 0 Å². The molecule has 2 amide bonds. The van der Waals surface area contributed by atoms with Gasteiger partial charge in [0.25, 0.3) is 0 Å². The second-order valence-corrected chi connectivity index (χ2v) is 6.90. The van der Waals surface area contributed by atoms with Crippen LogP contribution in [-0.2, 0) is 9.53 Å². The van der Waals surface area contributed by atoms with Crippen molar-refractivity contribution in [1.82, 2.24) is 5.32 Å². The molecular weight excluding hydrogens is 360 g/mol. The van der Waals surface area contributed by atoms with Gasteiger partial charge in [-0.05, 0) is 45.4 Å². The van der Waals surface area contributed by atoms with Gasteiger partial charge < -0.3 is 15.8 Å². The Kier molecular flexibility index (Phi) is 7.11. The van der Waals surface area contributed by atoms with Crippen molar-refractivity contribution >= 4 is 27.9 Å². The van der Waals surface area contributed by atoms with Crippen molar-refractivity contribution < 1.29 is 14.3 Å². The third kappa shape index (κ3) is 8.89. The van der Waals surface area contributed by atoms with Crippen molar-refractivity contribution in [3.63, 3.8) is 0 Å². The SMILES string of the molecule is CC(C)(C)OC(=O)N[C@H](C#Cc1cccc(Br)c1)CCC(N)=O. The maximum atomic E-state index is 11.9. The van der Waals surface area contributed by atoms with Crippen molar-refractivity contribution in [1.29, 1.82) is 0 Å². The zero-order valence-electron chi connectivity index (χ0n) is 13.5. The number of hydrogen-bond donors (Lipinski definition) is 2. The molecule has 124 valence electrons. The number of nitrogens with two attached hydrogens (primary N) is 1. The summed E-state index contributed by atoms with van der Waals surface area (Å²) in [5, 5.41) is 2.66. The molecule has 6 heteroatoms.